The smallest absolute Gasteiger partial charge is 0.315 e. The molecule has 0 unspecified atom stereocenters. The van der Waals surface area contributed by atoms with Crippen molar-refractivity contribution in [1.29, 1.82) is 0 Å². The number of fused-ring (bicyclic) bond motifs is 3. The molecule has 2 aromatic rings. The Morgan fingerprint density at radius 1 is 1.28 bits per heavy atom. The Balaban J connectivity index is 1.62. The van der Waals surface area contributed by atoms with Crippen LogP contribution in [0.25, 0.3) is 0 Å². The molecular weight excluding hydrogens is 320 g/mol. The number of benzene rings is 1. The van der Waals surface area contributed by atoms with Gasteiger partial charge in [-0.15, -0.1) is 0 Å². The minimum Gasteiger partial charge on any atom is -0.492 e. The van der Waals surface area contributed by atoms with Crippen LogP contribution in [0.3, 0.4) is 0 Å². The Bertz CT molecular complexity index is 823. The maximum Gasteiger partial charge on any atom is 0.315 e. The molecule has 6 nitrogen and oxygen atoms in total. The quantitative estimate of drug-likeness (QED) is 0.922. The van der Waals surface area contributed by atoms with Crippen LogP contribution in [0.2, 0.25) is 0 Å². The normalized spacial score (nSPS) is 24.2. The zero-order chi connectivity index (χ0) is 17.4. The van der Waals surface area contributed by atoms with Crippen molar-refractivity contribution in [2.24, 2.45) is 5.41 Å². The topological polar surface area (TPSA) is 79.7 Å². The molecule has 1 fully saturated rings. The first-order valence-corrected chi connectivity index (χ1v) is 8.22. The third kappa shape index (κ3) is 2.54. The first kappa shape index (κ1) is 15.6. The second-order valence-electron chi connectivity index (χ2n) is 6.65. The molecule has 1 amide bonds. The van der Waals surface area contributed by atoms with Gasteiger partial charge in [-0.1, -0.05) is 24.3 Å². The SMILES string of the molecule is O=C(Cc1cccnc1)N1C[C@H]2c3ccccc3OC[C@@]2(C(=O)O)C1. The molecule has 0 radical (unpaired) electrons. The van der Waals surface area contributed by atoms with Crippen LogP contribution < -0.4 is 4.74 Å². The average molecular weight is 338 g/mol. The van der Waals surface area contributed by atoms with Gasteiger partial charge in [0.1, 0.15) is 17.8 Å². The lowest BCUT2D eigenvalue weighted by Crippen LogP contribution is -2.46. The van der Waals surface area contributed by atoms with Gasteiger partial charge < -0.3 is 14.7 Å². The molecule has 1 saturated heterocycles. The van der Waals surface area contributed by atoms with E-state index in [1.165, 1.54) is 0 Å². The van der Waals surface area contributed by atoms with Crippen molar-refractivity contribution in [1.82, 2.24) is 9.88 Å². The molecule has 1 aromatic heterocycles. The summed E-state index contributed by atoms with van der Waals surface area (Å²) in [6, 6.07) is 11.1. The molecule has 1 N–H and O–H groups in total. The van der Waals surface area contributed by atoms with E-state index in [1.54, 1.807) is 23.4 Å². The van der Waals surface area contributed by atoms with Crippen LogP contribution in [0.1, 0.15) is 17.0 Å². The van der Waals surface area contributed by atoms with Crippen LogP contribution in [-0.4, -0.2) is 46.6 Å². The second kappa shape index (κ2) is 5.88. The number of ether oxygens (including phenoxy) is 1. The molecule has 3 heterocycles. The molecule has 4 rings (SSSR count). The van der Waals surface area contributed by atoms with Crippen molar-refractivity contribution in [2.45, 2.75) is 12.3 Å². The summed E-state index contributed by atoms with van der Waals surface area (Å²) in [5.74, 6) is -0.539. The minimum atomic E-state index is -1.08. The molecular formula is C19H18N2O4. The highest BCUT2D eigenvalue weighted by atomic mass is 16.5. The number of hydrogen-bond donors (Lipinski definition) is 1. The number of carboxylic acids is 1. The van der Waals surface area contributed by atoms with Gasteiger partial charge in [0, 0.05) is 37.0 Å². The Labute approximate surface area is 145 Å². The first-order chi connectivity index (χ1) is 12.1. The number of amides is 1. The molecule has 25 heavy (non-hydrogen) atoms. The van der Waals surface area contributed by atoms with Crippen LogP contribution in [0, 0.1) is 5.41 Å². The van der Waals surface area contributed by atoms with Crippen LogP contribution in [0.5, 0.6) is 5.75 Å². The number of rotatable bonds is 3. The van der Waals surface area contributed by atoms with E-state index in [0.717, 1.165) is 11.1 Å². The summed E-state index contributed by atoms with van der Waals surface area (Å²) in [5.41, 5.74) is 0.607. The maximum absolute atomic E-state index is 12.7. The van der Waals surface area contributed by atoms with Gasteiger partial charge in [-0.3, -0.25) is 14.6 Å². The number of likely N-dealkylation sites (tertiary alicyclic amines) is 1. The molecule has 1 aromatic carbocycles. The lowest BCUT2D eigenvalue weighted by molar-refractivity contribution is -0.152. The van der Waals surface area contributed by atoms with E-state index < -0.39 is 11.4 Å². The van der Waals surface area contributed by atoms with Gasteiger partial charge in [0.15, 0.2) is 0 Å². The number of carboxylic acid groups (broad SMARTS) is 1. The van der Waals surface area contributed by atoms with Gasteiger partial charge in [0.2, 0.25) is 5.91 Å². The maximum atomic E-state index is 12.7. The Morgan fingerprint density at radius 3 is 2.88 bits per heavy atom. The molecule has 2 atom stereocenters. The van der Waals surface area contributed by atoms with E-state index in [0.29, 0.717) is 12.3 Å². The minimum absolute atomic E-state index is 0.0829. The highest BCUT2D eigenvalue weighted by Gasteiger charge is 2.57. The summed E-state index contributed by atoms with van der Waals surface area (Å²) in [6.07, 6.45) is 3.54. The molecule has 128 valence electrons. The van der Waals surface area contributed by atoms with Gasteiger partial charge in [-0.25, -0.2) is 0 Å². The number of carbonyl (C=O) groups is 2. The highest BCUT2D eigenvalue weighted by molar-refractivity contribution is 5.84. The van der Waals surface area contributed by atoms with Gasteiger partial charge in [-0.2, -0.15) is 0 Å². The third-order valence-electron chi connectivity index (χ3n) is 5.18. The third-order valence-corrected chi connectivity index (χ3v) is 5.18. The van der Waals surface area contributed by atoms with E-state index in [9.17, 15) is 14.7 Å². The second-order valence-corrected chi connectivity index (χ2v) is 6.65. The molecule has 0 spiro atoms. The fraction of sp³-hybridized carbons (Fsp3) is 0.316. The number of para-hydroxylation sites is 1. The average Bonchev–Trinajstić information content (AvgIpc) is 3.04. The summed E-state index contributed by atoms with van der Waals surface area (Å²) in [5, 5.41) is 9.89. The van der Waals surface area contributed by atoms with E-state index in [-0.39, 0.29) is 31.4 Å². The Kier molecular flexibility index (Phi) is 3.67. The molecule has 0 bridgehead atoms. The lowest BCUT2D eigenvalue weighted by atomic mass is 9.73. The predicted molar refractivity (Wildman–Crippen MR) is 89.3 cm³/mol. The molecule has 2 aliphatic heterocycles. The molecule has 0 aliphatic carbocycles. The van der Waals surface area contributed by atoms with Gasteiger partial charge in [0.25, 0.3) is 0 Å². The largest absolute Gasteiger partial charge is 0.492 e. The zero-order valence-electron chi connectivity index (χ0n) is 13.6. The summed E-state index contributed by atoms with van der Waals surface area (Å²) in [4.78, 5) is 30.4. The lowest BCUT2D eigenvalue weighted by Gasteiger charge is -2.35. The predicted octanol–water partition coefficient (Wildman–Crippen LogP) is 1.71. The zero-order valence-corrected chi connectivity index (χ0v) is 13.6. The van der Waals surface area contributed by atoms with E-state index in [4.69, 9.17) is 4.74 Å². The summed E-state index contributed by atoms with van der Waals surface area (Å²) >= 11 is 0. The van der Waals surface area contributed by atoms with Crippen molar-refractivity contribution in [3.63, 3.8) is 0 Å². The fourth-order valence-corrected chi connectivity index (χ4v) is 3.82. The van der Waals surface area contributed by atoms with Crippen LogP contribution in [-0.2, 0) is 16.0 Å². The van der Waals surface area contributed by atoms with Gasteiger partial charge in [-0.05, 0) is 17.7 Å². The fourth-order valence-electron chi connectivity index (χ4n) is 3.82. The summed E-state index contributed by atoms with van der Waals surface area (Å²) in [7, 11) is 0. The molecule has 6 heteroatoms. The number of nitrogens with zero attached hydrogens (tertiary/aromatic N) is 2. The summed E-state index contributed by atoms with van der Waals surface area (Å²) < 4.78 is 5.72. The molecule has 2 aliphatic rings. The summed E-state index contributed by atoms with van der Waals surface area (Å²) in [6.45, 7) is 0.646. The van der Waals surface area contributed by atoms with Crippen molar-refractivity contribution >= 4 is 11.9 Å². The van der Waals surface area contributed by atoms with Crippen LogP contribution in [0.4, 0.5) is 0 Å². The Morgan fingerprint density at radius 2 is 2.12 bits per heavy atom. The van der Waals surface area contributed by atoms with Crippen LogP contribution in [0.15, 0.2) is 48.8 Å². The number of aromatic nitrogens is 1. The van der Waals surface area contributed by atoms with E-state index in [1.807, 2.05) is 30.3 Å². The van der Waals surface area contributed by atoms with Crippen molar-refractivity contribution in [3.8, 4) is 5.75 Å². The standard InChI is InChI=1S/C19H18N2O4/c22-17(8-13-4-3-7-20-9-13)21-10-15-14-5-1-2-6-16(14)25-12-19(15,11-21)18(23)24/h1-7,9,15H,8,10-12H2,(H,23,24)/t15-,19-/m0/s1. The molecule has 0 saturated carbocycles. The number of pyridine rings is 1. The monoisotopic (exact) mass is 338 g/mol. The number of hydrogen-bond acceptors (Lipinski definition) is 4. The van der Waals surface area contributed by atoms with Crippen molar-refractivity contribution in [2.75, 3.05) is 19.7 Å². The van der Waals surface area contributed by atoms with E-state index >= 15 is 0 Å². The van der Waals surface area contributed by atoms with Crippen molar-refractivity contribution < 1.29 is 19.4 Å². The number of aliphatic carboxylic acids is 1. The first-order valence-electron chi connectivity index (χ1n) is 8.22. The highest BCUT2D eigenvalue weighted by Crippen LogP contribution is 2.49. The van der Waals surface area contributed by atoms with Crippen molar-refractivity contribution in [3.05, 3.63) is 59.9 Å². The number of carbonyl (C=O) groups excluding carboxylic acids is 1. The Hall–Kier alpha value is -2.89. The van der Waals surface area contributed by atoms with Crippen LogP contribution >= 0.6 is 0 Å². The van der Waals surface area contributed by atoms with Gasteiger partial charge >= 0.3 is 5.97 Å². The van der Waals surface area contributed by atoms with Gasteiger partial charge in [0.05, 0.1) is 6.42 Å². The van der Waals surface area contributed by atoms with E-state index in [2.05, 4.69) is 4.98 Å².